The summed E-state index contributed by atoms with van der Waals surface area (Å²) in [5, 5.41) is 8.93. The van der Waals surface area contributed by atoms with Crippen molar-refractivity contribution >= 4 is 5.97 Å². The van der Waals surface area contributed by atoms with Crippen LogP contribution in [0.3, 0.4) is 0 Å². The molecular weight excluding hydrogens is 261 g/mol. The van der Waals surface area contributed by atoms with Gasteiger partial charge in [0.1, 0.15) is 11.6 Å². The van der Waals surface area contributed by atoms with Crippen LogP contribution < -0.4 is 0 Å². The van der Waals surface area contributed by atoms with E-state index in [0.29, 0.717) is 30.0 Å². The van der Waals surface area contributed by atoms with Gasteiger partial charge < -0.3 is 9.52 Å². The number of aryl methyl sites for hydroxylation is 1. The highest BCUT2D eigenvalue weighted by Gasteiger charge is 2.15. The van der Waals surface area contributed by atoms with E-state index >= 15 is 0 Å². The number of benzene rings is 1. The van der Waals surface area contributed by atoms with Gasteiger partial charge in [0.05, 0.1) is 6.54 Å². The normalized spacial score (nSPS) is 11.0. The van der Waals surface area contributed by atoms with Crippen LogP contribution in [-0.2, 0) is 13.1 Å². The third kappa shape index (κ3) is 3.24. The highest BCUT2D eigenvalue weighted by molar-refractivity contribution is 5.86. The van der Waals surface area contributed by atoms with Gasteiger partial charge in [-0.25, -0.2) is 9.18 Å². The maximum atomic E-state index is 13.5. The van der Waals surface area contributed by atoms with Gasteiger partial charge in [-0.05, 0) is 26.1 Å². The molecule has 1 heterocycles. The Hall–Kier alpha value is -2.14. The summed E-state index contributed by atoms with van der Waals surface area (Å²) in [6.45, 7) is 2.53. The Labute approximate surface area is 116 Å². The lowest BCUT2D eigenvalue weighted by molar-refractivity contribution is 0.0657. The number of hydrogen-bond acceptors (Lipinski definition) is 3. The zero-order chi connectivity index (χ0) is 14.7. The first kappa shape index (κ1) is 14.3. The van der Waals surface area contributed by atoms with Gasteiger partial charge in [0.2, 0.25) is 5.76 Å². The van der Waals surface area contributed by atoms with Crippen molar-refractivity contribution in [2.75, 3.05) is 7.05 Å². The van der Waals surface area contributed by atoms with Crippen molar-refractivity contribution in [3.8, 4) is 0 Å². The molecule has 106 valence electrons. The second-order valence-corrected chi connectivity index (χ2v) is 4.79. The molecule has 0 unspecified atom stereocenters. The van der Waals surface area contributed by atoms with Crippen LogP contribution in [0.15, 0.2) is 34.7 Å². The third-order valence-corrected chi connectivity index (χ3v) is 2.99. The number of halogens is 1. The number of carboxylic acids is 1. The molecule has 0 radical (unpaired) electrons. The molecule has 0 saturated heterocycles. The Kier molecular flexibility index (Phi) is 4.20. The molecule has 4 nitrogen and oxygen atoms in total. The van der Waals surface area contributed by atoms with Crippen LogP contribution in [0.1, 0.15) is 27.4 Å². The maximum Gasteiger partial charge on any atom is 0.372 e. The van der Waals surface area contributed by atoms with Gasteiger partial charge in [-0.1, -0.05) is 18.2 Å². The SMILES string of the molecule is Cc1cc(CN(C)Cc2ccccc2F)oc1C(=O)O. The fraction of sp³-hybridized carbons (Fsp3) is 0.267. The first-order valence-corrected chi connectivity index (χ1v) is 6.22. The molecule has 0 amide bonds. The minimum absolute atomic E-state index is 0.0423. The third-order valence-electron chi connectivity index (χ3n) is 2.99. The molecule has 5 heteroatoms. The van der Waals surface area contributed by atoms with Gasteiger partial charge in [-0.3, -0.25) is 4.90 Å². The predicted octanol–water partition coefficient (Wildman–Crippen LogP) is 3.06. The van der Waals surface area contributed by atoms with Crippen LogP contribution in [0.5, 0.6) is 0 Å². The molecule has 0 aliphatic rings. The highest BCUT2D eigenvalue weighted by Crippen LogP contribution is 2.17. The van der Waals surface area contributed by atoms with E-state index in [2.05, 4.69) is 0 Å². The lowest BCUT2D eigenvalue weighted by Gasteiger charge is -2.15. The fourth-order valence-corrected chi connectivity index (χ4v) is 2.08. The number of rotatable bonds is 5. The van der Waals surface area contributed by atoms with Gasteiger partial charge >= 0.3 is 5.97 Å². The monoisotopic (exact) mass is 277 g/mol. The molecule has 0 spiro atoms. The average molecular weight is 277 g/mol. The number of carbonyl (C=O) groups is 1. The minimum atomic E-state index is -1.08. The Bertz CT molecular complexity index is 621. The molecule has 0 atom stereocenters. The van der Waals surface area contributed by atoms with Crippen LogP contribution in [0.25, 0.3) is 0 Å². The van der Waals surface area contributed by atoms with Gasteiger partial charge in [-0.15, -0.1) is 0 Å². The Morgan fingerprint density at radius 2 is 2.05 bits per heavy atom. The van der Waals surface area contributed by atoms with Crippen LogP contribution in [0.2, 0.25) is 0 Å². The topological polar surface area (TPSA) is 53.7 Å². The van der Waals surface area contributed by atoms with E-state index in [1.165, 1.54) is 6.07 Å². The van der Waals surface area contributed by atoms with Crippen LogP contribution >= 0.6 is 0 Å². The molecule has 0 fully saturated rings. The molecule has 2 aromatic rings. The first-order chi connectivity index (χ1) is 9.47. The van der Waals surface area contributed by atoms with Crippen molar-refractivity contribution in [2.45, 2.75) is 20.0 Å². The molecule has 0 bridgehead atoms. The van der Waals surface area contributed by atoms with E-state index in [1.54, 1.807) is 31.2 Å². The number of furan rings is 1. The standard InChI is InChI=1S/C15H16FNO3/c1-10-7-12(20-14(10)15(18)19)9-17(2)8-11-5-3-4-6-13(11)16/h3-7H,8-9H2,1-2H3,(H,18,19). The van der Waals surface area contributed by atoms with Crippen molar-refractivity contribution < 1.29 is 18.7 Å². The number of hydrogen-bond donors (Lipinski definition) is 1. The molecule has 1 aromatic carbocycles. The average Bonchev–Trinajstić information content (AvgIpc) is 2.73. The molecule has 0 aliphatic heterocycles. The van der Waals surface area contributed by atoms with Crippen molar-refractivity contribution in [2.24, 2.45) is 0 Å². The zero-order valence-electron chi connectivity index (χ0n) is 11.4. The predicted molar refractivity (Wildman–Crippen MR) is 72.0 cm³/mol. The largest absolute Gasteiger partial charge is 0.475 e. The molecular formula is C15H16FNO3. The van der Waals surface area contributed by atoms with Crippen LogP contribution in [-0.4, -0.2) is 23.0 Å². The van der Waals surface area contributed by atoms with Crippen LogP contribution in [0.4, 0.5) is 4.39 Å². The summed E-state index contributed by atoms with van der Waals surface area (Å²) in [5.74, 6) is -0.815. The van der Waals surface area contributed by atoms with Gasteiger partial charge in [0.25, 0.3) is 0 Å². The zero-order valence-corrected chi connectivity index (χ0v) is 11.4. The van der Waals surface area contributed by atoms with Gasteiger partial charge in [0, 0.05) is 17.7 Å². The molecule has 20 heavy (non-hydrogen) atoms. The summed E-state index contributed by atoms with van der Waals surface area (Å²) >= 11 is 0. The van der Waals surface area contributed by atoms with Crippen molar-refractivity contribution in [1.29, 1.82) is 0 Å². The van der Waals surface area contributed by atoms with Gasteiger partial charge in [0.15, 0.2) is 0 Å². The summed E-state index contributed by atoms with van der Waals surface area (Å²) in [6.07, 6.45) is 0. The summed E-state index contributed by atoms with van der Waals surface area (Å²) < 4.78 is 18.8. The second kappa shape index (κ2) is 5.88. The maximum absolute atomic E-state index is 13.5. The lowest BCUT2D eigenvalue weighted by atomic mass is 10.2. The summed E-state index contributed by atoms with van der Waals surface area (Å²) in [4.78, 5) is 12.8. The fourth-order valence-electron chi connectivity index (χ4n) is 2.08. The molecule has 0 aliphatic carbocycles. The lowest BCUT2D eigenvalue weighted by Crippen LogP contribution is -2.17. The van der Waals surface area contributed by atoms with E-state index in [4.69, 9.17) is 9.52 Å². The molecule has 2 rings (SSSR count). The first-order valence-electron chi connectivity index (χ1n) is 6.22. The van der Waals surface area contributed by atoms with E-state index in [-0.39, 0.29) is 11.6 Å². The van der Waals surface area contributed by atoms with Crippen LogP contribution in [0, 0.1) is 12.7 Å². The highest BCUT2D eigenvalue weighted by atomic mass is 19.1. The van der Waals surface area contributed by atoms with E-state index in [0.717, 1.165) is 0 Å². The van der Waals surface area contributed by atoms with E-state index < -0.39 is 5.97 Å². The number of aromatic carboxylic acids is 1. The minimum Gasteiger partial charge on any atom is -0.475 e. The van der Waals surface area contributed by atoms with Gasteiger partial charge in [-0.2, -0.15) is 0 Å². The van der Waals surface area contributed by atoms with Crippen molar-refractivity contribution in [1.82, 2.24) is 4.90 Å². The Morgan fingerprint density at radius 3 is 2.65 bits per heavy atom. The van der Waals surface area contributed by atoms with E-state index in [1.807, 2.05) is 11.9 Å². The number of carboxylic acid groups (broad SMARTS) is 1. The summed E-state index contributed by atoms with van der Waals surface area (Å²) in [5.41, 5.74) is 1.18. The second-order valence-electron chi connectivity index (χ2n) is 4.79. The van der Waals surface area contributed by atoms with Crippen molar-refractivity contribution in [3.05, 3.63) is 58.8 Å². The van der Waals surface area contributed by atoms with E-state index in [9.17, 15) is 9.18 Å². The summed E-state index contributed by atoms with van der Waals surface area (Å²) in [7, 11) is 1.82. The Morgan fingerprint density at radius 1 is 1.35 bits per heavy atom. The summed E-state index contributed by atoms with van der Waals surface area (Å²) in [6, 6.07) is 8.27. The molecule has 1 aromatic heterocycles. The quantitative estimate of drug-likeness (QED) is 0.912. The number of nitrogens with zero attached hydrogens (tertiary/aromatic N) is 1. The molecule has 0 saturated carbocycles. The van der Waals surface area contributed by atoms with Crippen molar-refractivity contribution in [3.63, 3.8) is 0 Å². The smallest absolute Gasteiger partial charge is 0.372 e. The molecule has 1 N–H and O–H groups in total. The Balaban J connectivity index is 2.05.